The van der Waals surface area contributed by atoms with Gasteiger partial charge in [-0.25, -0.2) is 0 Å². The largest absolute Gasteiger partial charge is 0.295 e. The molecule has 1 nitrogen and oxygen atoms in total. The summed E-state index contributed by atoms with van der Waals surface area (Å²) < 4.78 is 0. The topological polar surface area (TPSA) is 3.24 Å². The highest BCUT2D eigenvalue weighted by Gasteiger charge is 2.09. The van der Waals surface area contributed by atoms with E-state index in [0.717, 1.165) is 31.1 Å². The minimum absolute atomic E-state index is 0.792. The lowest BCUT2D eigenvalue weighted by Crippen LogP contribution is -2.22. The number of hydrogen-bond donors (Lipinski definition) is 0. The lowest BCUT2D eigenvalue weighted by molar-refractivity contribution is 0.271. The normalized spacial score (nSPS) is 11.1. The van der Waals surface area contributed by atoms with Crippen molar-refractivity contribution in [2.45, 2.75) is 33.4 Å². The third kappa shape index (κ3) is 4.75. The SMILES string of the molecule is CCc1cc(CN(CC)Cc2ccc(Cl)cc2)ccc1-c1ccccc1. The third-order valence-corrected chi connectivity index (χ3v) is 5.06. The summed E-state index contributed by atoms with van der Waals surface area (Å²) in [5, 5.41) is 0.792. The van der Waals surface area contributed by atoms with E-state index in [1.807, 2.05) is 12.1 Å². The van der Waals surface area contributed by atoms with Crippen LogP contribution in [-0.2, 0) is 19.5 Å². The second kappa shape index (κ2) is 9.02. The van der Waals surface area contributed by atoms with Crippen LogP contribution in [-0.4, -0.2) is 11.4 Å². The number of halogens is 1. The van der Waals surface area contributed by atoms with Gasteiger partial charge in [0.05, 0.1) is 0 Å². The van der Waals surface area contributed by atoms with Gasteiger partial charge >= 0.3 is 0 Å². The molecule has 0 aromatic heterocycles. The highest BCUT2D eigenvalue weighted by Crippen LogP contribution is 2.26. The molecule has 0 saturated carbocycles. The van der Waals surface area contributed by atoms with E-state index in [9.17, 15) is 0 Å². The van der Waals surface area contributed by atoms with E-state index in [2.05, 4.69) is 79.4 Å². The quantitative estimate of drug-likeness (QED) is 0.457. The molecule has 0 fully saturated rings. The Morgan fingerprint density at radius 2 is 1.42 bits per heavy atom. The van der Waals surface area contributed by atoms with Gasteiger partial charge in [0.25, 0.3) is 0 Å². The number of rotatable bonds is 7. The van der Waals surface area contributed by atoms with Gasteiger partial charge in [-0.2, -0.15) is 0 Å². The van der Waals surface area contributed by atoms with Crippen LogP contribution in [0.15, 0.2) is 72.8 Å². The first-order valence-corrected chi connectivity index (χ1v) is 9.71. The van der Waals surface area contributed by atoms with Crippen molar-refractivity contribution in [3.05, 3.63) is 94.5 Å². The van der Waals surface area contributed by atoms with Crippen LogP contribution < -0.4 is 0 Å². The zero-order valence-corrected chi connectivity index (χ0v) is 16.3. The van der Waals surface area contributed by atoms with E-state index in [-0.39, 0.29) is 0 Å². The number of hydrogen-bond acceptors (Lipinski definition) is 1. The first kappa shape index (κ1) is 18.7. The van der Waals surface area contributed by atoms with Crippen molar-refractivity contribution in [1.29, 1.82) is 0 Å². The van der Waals surface area contributed by atoms with Crippen molar-refractivity contribution in [2.75, 3.05) is 6.54 Å². The van der Waals surface area contributed by atoms with Gasteiger partial charge in [-0.05, 0) is 52.9 Å². The average molecular weight is 364 g/mol. The van der Waals surface area contributed by atoms with Crippen molar-refractivity contribution < 1.29 is 0 Å². The monoisotopic (exact) mass is 363 g/mol. The molecule has 3 rings (SSSR count). The molecule has 3 aromatic carbocycles. The van der Waals surface area contributed by atoms with Crippen LogP contribution in [0.3, 0.4) is 0 Å². The van der Waals surface area contributed by atoms with Gasteiger partial charge in [-0.15, -0.1) is 0 Å². The summed E-state index contributed by atoms with van der Waals surface area (Å²) in [6.45, 7) is 7.37. The fourth-order valence-electron chi connectivity index (χ4n) is 3.32. The Morgan fingerprint density at radius 1 is 0.769 bits per heavy atom. The molecule has 0 aliphatic heterocycles. The van der Waals surface area contributed by atoms with Crippen LogP contribution in [0.2, 0.25) is 5.02 Å². The van der Waals surface area contributed by atoms with Gasteiger partial charge in [0.1, 0.15) is 0 Å². The highest BCUT2D eigenvalue weighted by molar-refractivity contribution is 6.30. The first-order chi connectivity index (χ1) is 12.7. The molecular weight excluding hydrogens is 338 g/mol. The van der Waals surface area contributed by atoms with Crippen molar-refractivity contribution in [1.82, 2.24) is 4.90 Å². The highest BCUT2D eigenvalue weighted by atomic mass is 35.5. The molecule has 134 valence electrons. The Morgan fingerprint density at radius 3 is 2.08 bits per heavy atom. The Kier molecular flexibility index (Phi) is 6.49. The van der Waals surface area contributed by atoms with E-state index in [1.54, 1.807) is 0 Å². The fraction of sp³-hybridized carbons (Fsp3) is 0.250. The molecule has 2 heteroatoms. The van der Waals surface area contributed by atoms with Crippen LogP contribution >= 0.6 is 11.6 Å². The molecule has 0 saturated heterocycles. The van der Waals surface area contributed by atoms with E-state index in [4.69, 9.17) is 11.6 Å². The summed E-state index contributed by atoms with van der Waals surface area (Å²) in [6.07, 6.45) is 1.04. The molecule has 0 unspecified atom stereocenters. The maximum Gasteiger partial charge on any atom is 0.0406 e. The fourth-order valence-corrected chi connectivity index (χ4v) is 3.45. The summed E-state index contributed by atoms with van der Waals surface area (Å²) in [5.74, 6) is 0. The molecule has 0 aliphatic carbocycles. The molecule has 0 heterocycles. The first-order valence-electron chi connectivity index (χ1n) is 9.33. The van der Waals surface area contributed by atoms with Crippen molar-refractivity contribution in [2.24, 2.45) is 0 Å². The molecule has 3 aromatic rings. The maximum atomic E-state index is 6.00. The minimum atomic E-state index is 0.792. The zero-order chi connectivity index (χ0) is 18.4. The van der Waals surface area contributed by atoms with Gasteiger partial charge in [-0.3, -0.25) is 4.90 Å². The summed E-state index contributed by atoms with van der Waals surface area (Å²) in [7, 11) is 0. The summed E-state index contributed by atoms with van der Waals surface area (Å²) in [6, 6.07) is 25.7. The Hall–Kier alpha value is -2.09. The van der Waals surface area contributed by atoms with Gasteiger partial charge in [0, 0.05) is 18.1 Å². The molecule has 0 N–H and O–H groups in total. The molecule has 0 bridgehead atoms. The van der Waals surface area contributed by atoms with Crippen LogP contribution in [0.1, 0.15) is 30.5 Å². The summed E-state index contributed by atoms with van der Waals surface area (Å²) >= 11 is 6.00. The van der Waals surface area contributed by atoms with Crippen LogP contribution in [0, 0.1) is 0 Å². The zero-order valence-electron chi connectivity index (χ0n) is 15.6. The molecule has 0 atom stereocenters. The second-order valence-electron chi connectivity index (χ2n) is 6.64. The molecular formula is C24H26ClN. The average Bonchev–Trinajstić information content (AvgIpc) is 2.69. The Balaban J connectivity index is 1.77. The minimum Gasteiger partial charge on any atom is -0.295 e. The standard InChI is InChI=1S/C24H26ClN/c1-3-21-16-20(12-15-24(21)22-8-6-5-7-9-22)18-26(4-2)17-19-10-13-23(25)14-11-19/h5-16H,3-4,17-18H2,1-2H3. The molecule has 0 aliphatic rings. The second-order valence-corrected chi connectivity index (χ2v) is 7.08. The van der Waals surface area contributed by atoms with Gasteiger partial charge in [-0.1, -0.05) is 86.1 Å². The van der Waals surface area contributed by atoms with Crippen molar-refractivity contribution in [3.8, 4) is 11.1 Å². The van der Waals surface area contributed by atoms with Crippen LogP contribution in [0.4, 0.5) is 0 Å². The van der Waals surface area contributed by atoms with Gasteiger partial charge < -0.3 is 0 Å². The van der Waals surface area contributed by atoms with E-state index < -0.39 is 0 Å². The number of nitrogens with zero attached hydrogens (tertiary/aromatic N) is 1. The van der Waals surface area contributed by atoms with E-state index >= 15 is 0 Å². The lowest BCUT2D eigenvalue weighted by Gasteiger charge is -2.21. The Labute approximate surface area is 162 Å². The lowest BCUT2D eigenvalue weighted by atomic mass is 9.96. The smallest absolute Gasteiger partial charge is 0.0406 e. The maximum absolute atomic E-state index is 6.00. The van der Waals surface area contributed by atoms with Crippen molar-refractivity contribution in [3.63, 3.8) is 0 Å². The molecule has 0 spiro atoms. The molecule has 26 heavy (non-hydrogen) atoms. The predicted molar refractivity (Wildman–Crippen MR) is 112 cm³/mol. The summed E-state index contributed by atoms with van der Waals surface area (Å²) in [5.41, 5.74) is 6.73. The van der Waals surface area contributed by atoms with Gasteiger partial charge in [0.2, 0.25) is 0 Å². The Bertz CT molecular complexity index is 825. The molecule has 0 amide bonds. The number of benzene rings is 3. The predicted octanol–water partition coefficient (Wildman–Crippen LogP) is 6.59. The van der Waals surface area contributed by atoms with Crippen LogP contribution in [0.25, 0.3) is 11.1 Å². The van der Waals surface area contributed by atoms with E-state index in [1.165, 1.54) is 27.8 Å². The third-order valence-electron chi connectivity index (χ3n) is 4.81. The summed E-state index contributed by atoms with van der Waals surface area (Å²) in [4.78, 5) is 2.46. The van der Waals surface area contributed by atoms with E-state index in [0.29, 0.717) is 0 Å². The van der Waals surface area contributed by atoms with Crippen molar-refractivity contribution >= 4 is 11.6 Å². The molecule has 0 radical (unpaired) electrons. The van der Waals surface area contributed by atoms with Gasteiger partial charge in [0.15, 0.2) is 0 Å². The van der Waals surface area contributed by atoms with Crippen LogP contribution in [0.5, 0.6) is 0 Å². The number of aryl methyl sites for hydroxylation is 1.